The Balaban J connectivity index is 1.37. The van der Waals surface area contributed by atoms with Crippen LogP contribution in [0, 0.1) is 0 Å². The summed E-state index contributed by atoms with van der Waals surface area (Å²) in [6.07, 6.45) is 5.20. The number of aromatic nitrogens is 1. The number of Topliss-reactive ketones (excluding diaryl/α,β-unsaturated/α-hetero) is 1. The van der Waals surface area contributed by atoms with E-state index < -0.39 is 7.82 Å². The minimum Gasteiger partial charge on any atom is -0.489 e. The second kappa shape index (κ2) is 15.0. The first kappa shape index (κ1) is 30.6. The fourth-order valence-electron chi connectivity index (χ4n) is 4.70. The first-order chi connectivity index (χ1) is 19.8. The molecule has 0 aliphatic heterocycles. The van der Waals surface area contributed by atoms with Crippen LogP contribution in [0.15, 0.2) is 85.1 Å². The molecule has 4 rings (SSSR count). The number of carbonyl (C=O) groups is 1. The van der Waals surface area contributed by atoms with Crippen LogP contribution in [0.4, 0.5) is 0 Å². The highest BCUT2D eigenvalue weighted by Gasteiger charge is 2.22. The second-order valence-electron chi connectivity index (χ2n) is 10.3. The molecule has 0 fully saturated rings. The molecule has 1 unspecified atom stereocenters. The zero-order valence-electron chi connectivity index (χ0n) is 23.7. The van der Waals surface area contributed by atoms with Crippen LogP contribution in [-0.2, 0) is 31.4 Å². The van der Waals surface area contributed by atoms with E-state index in [1.54, 1.807) is 13.8 Å². The summed E-state index contributed by atoms with van der Waals surface area (Å²) in [7, 11) is -4.00. The summed E-state index contributed by atoms with van der Waals surface area (Å²) in [5, 5.41) is 1.00. The van der Waals surface area contributed by atoms with E-state index in [2.05, 4.69) is 4.98 Å². The number of ketones is 1. The molecule has 8 heteroatoms. The van der Waals surface area contributed by atoms with Crippen molar-refractivity contribution in [2.24, 2.45) is 0 Å². The fraction of sp³-hybridized carbons (Fsp3) is 0.333. The number of hydrogen-bond donors (Lipinski definition) is 1. The van der Waals surface area contributed by atoms with E-state index in [-0.39, 0.29) is 18.5 Å². The van der Waals surface area contributed by atoms with Crippen LogP contribution in [0.2, 0.25) is 0 Å². The molecule has 7 nitrogen and oxygen atoms in total. The number of fused-ring (bicyclic) bond motifs is 1. The largest absolute Gasteiger partial charge is 0.489 e. The summed E-state index contributed by atoms with van der Waals surface area (Å²) < 4.78 is 27.7. The molecule has 4 aromatic rings. The smallest absolute Gasteiger partial charge is 0.472 e. The van der Waals surface area contributed by atoms with E-state index in [0.29, 0.717) is 25.9 Å². The number of unbranched alkanes of at least 4 members (excludes halogenated alkanes) is 3. The molecule has 0 saturated heterocycles. The Bertz CT molecular complexity index is 1470. The third-order valence-electron chi connectivity index (χ3n) is 6.56. The number of rotatable bonds is 16. The van der Waals surface area contributed by atoms with Gasteiger partial charge in [0.25, 0.3) is 0 Å². The predicted molar refractivity (Wildman–Crippen MR) is 162 cm³/mol. The van der Waals surface area contributed by atoms with Gasteiger partial charge >= 0.3 is 7.82 Å². The number of hydrogen-bond acceptors (Lipinski definition) is 6. The van der Waals surface area contributed by atoms with E-state index in [1.165, 1.54) is 0 Å². The molecule has 0 aliphatic rings. The average Bonchev–Trinajstić information content (AvgIpc) is 2.95. The third-order valence-corrected chi connectivity index (χ3v) is 7.76. The monoisotopic (exact) mass is 575 g/mol. The minimum absolute atomic E-state index is 0.148. The van der Waals surface area contributed by atoms with Gasteiger partial charge in [-0.15, -0.1) is 0 Å². The van der Waals surface area contributed by atoms with Gasteiger partial charge in [0.05, 0.1) is 18.2 Å². The van der Waals surface area contributed by atoms with Crippen molar-refractivity contribution >= 4 is 24.5 Å². The average molecular weight is 576 g/mol. The standard InChI is InChI=1S/C33H38NO6P/c1-25(2)40-41(36,37)39-20-11-4-3-8-16-29(35)21-28-23-34-32-19-10-9-18-31(32)33(28)27-15-12-17-30(22-27)38-24-26-13-6-5-7-14-26/h5-7,9-10,12-15,17-19,22-23,25H,3-4,8,11,16,20-21,24H2,1-2H3,(H,36,37). The van der Waals surface area contributed by atoms with Crippen LogP contribution in [-0.4, -0.2) is 28.4 Å². The Labute approximate surface area is 242 Å². The SMILES string of the molecule is CC(C)OP(=O)(O)OCCCCCCC(=O)Cc1cnc2ccccc2c1-c1cccc(OCc2ccccc2)c1. The van der Waals surface area contributed by atoms with Crippen molar-refractivity contribution in [1.29, 1.82) is 0 Å². The van der Waals surface area contributed by atoms with Crippen LogP contribution < -0.4 is 4.74 Å². The summed E-state index contributed by atoms with van der Waals surface area (Å²) in [6, 6.07) is 26.0. The van der Waals surface area contributed by atoms with E-state index >= 15 is 0 Å². The number of benzene rings is 3. The normalized spacial score (nSPS) is 12.9. The zero-order valence-corrected chi connectivity index (χ0v) is 24.6. The number of nitrogens with zero attached hydrogens (tertiary/aromatic N) is 1. The Morgan fingerprint density at radius 2 is 1.68 bits per heavy atom. The van der Waals surface area contributed by atoms with Gasteiger partial charge in [0, 0.05) is 24.4 Å². The lowest BCUT2D eigenvalue weighted by molar-refractivity contribution is -0.118. The summed E-state index contributed by atoms with van der Waals surface area (Å²) in [5.74, 6) is 0.920. The van der Waals surface area contributed by atoms with E-state index in [4.69, 9.17) is 13.8 Å². The van der Waals surface area contributed by atoms with Crippen molar-refractivity contribution in [2.75, 3.05) is 6.61 Å². The van der Waals surface area contributed by atoms with Crippen molar-refractivity contribution in [3.8, 4) is 16.9 Å². The first-order valence-electron chi connectivity index (χ1n) is 14.1. The summed E-state index contributed by atoms with van der Waals surface area (Å²) in [5.41, 5.74) is 4.86. The maximum atomic E-state index is 13.0. The van der Waals surface area contributed by atoms with Crippen molar-refractivity contribution in [3.63, 3.8) is 0 Å². The van der Waals surface area contributed by atoms with Crippen LogP contribution in [0.5, 0.6) is 5.75 Å². The maximum Gasteiger partial charge on any atom is 0.472 e. The number of phosphoric acid groups is 1. The van der Waals surface area contributed by atoms with Gasteiger partial charge < -0.3 is 9.63 Å². The van der Waals surface area contributed by atoms with Crippen LogP contribution in [0.3, 0.4) is 0 Å². The van der Waals surface area contributed by atoms with Gasteiger partial charge in [-0.2, -0.15) is 0 Å². The van der Waals surface area contributed by atoms with Gasteiger partial charge in [0.1, 0.15) is 18.1 Å². The zero-order chi connectivity index (χ0) is 29.1. The van der Waals surface area contributed by atoms with E-state index in [9.17, 15) is 14.3 Å². The van der Waals surface area contributed by atoms with Gasteiger partial charge in [0.15, 0.2) is 0 Å². The molecule has 1 aromatic heterocycles. The molecular weight excluding hydrogens is 537 g/mol. The molecule has 0 bridgehead atoms. The van der Waals surface area contributed by atoms with Gasteiger partial charge in [-0.1, -0.05) is 73.5 Å². The Hall–Kier alpha value is -3.35. The topological polar surface area (TPSA) is 95.0 Å². The van der Waals surface area contributed by atoms with Crippen molar-refractivity contribution in [3.05, 3.63) is 96.2 Å². The predicted octanol–water partition coefficient (Wildman–Crippen LogP) is 8.08. The fourth-order valence-corrected chi connectivity index (χ4v) is 5.65. The molecule has 0 saturated carbocycles. The first-order valence-corrected chi connectivity index (χ1v) is 15.6. The van der Waals surface area contributed by atoms with Crippen LogP contribution in [0.1, 0.15) is 57.1 Å². The molecule has 0 amide bonds. The number of ether oxygens (including phenoxy) is 1. The highest BCUT2D eigenvalue weighted by molar-refractivity contribution is 7.47. The number of carbonyl (C=O) groups excluding carboxylic acids is 1. The lowest BCUT2D eigenvalue weighted by Gasteiger charge is -2.15. The van der Waals surface area contributed by atoms with Crippen molar-refractivity contribution in [2.45, 2.75) is 65.1 Å². The van der Waals surface area contributed by atoms with Gasteiger partial charge in [-0.05, 0) is 67.1 Å². The highest BCUT2D eigenvalue weighted by Crippen LogP contribution is 2.44. The Morgan fingerprint density at radius 1 is 0.927 bits per heavy atom. The molecule has 41 heavy (non-hydrogen) atoms. The summed E-state index contributed by atoms with van der Waals surface area (Å²) in [4.78, 5) is 27.3. The molecular formula is C33H38NO6P. The maximum absolute atomic E-state index is 13.0. The third kappa shape index (κ3) is 9.61. The quantitative estimate of drug-likeness (QED) is 0.107. The highest BCUT2D eigenvalue weighted by atomic mass is 31.2. The van der Waals surface area contributed by atoms with Gasteiger partial charge in [0.2, 0.25) is 0 Å². The van der Waals surface area contributed by atoms with Crippen LogP contribution >= 0.6 is 7.82 Å². The van der Waals surface area contributed by atoms with Crippen molar-refractivity contribution in [1.82, 2.24) is 4.98 Å². The molecule has 1 N–H and O–H groups in total. The molecule has 1 heterocycles. The van der Waals surface area contributed by atoms with Gasteiger partial charge in [-0.3, -0.25) is 18.8 Å². The van der Waals surface area contributed by atoms with Crippen molar-refractivity contribution < 1.29 is 28.0 Å². The lowest BCUT2D eigenvalue weighted by Crippen LogP contribution is -2.05. The molecule has 0 radical (unpaired) electrons. The van der Waals surface area contributed by atoms with E-state index in [0.717, 1.165) is 58.2 Å². The van der Waals surface area contributed by atoms with Crippen LogP contribution in [0.25, 0.3) is 22.0 Å². The molecule has 0 aliphatic carbocycles. The Morgan fingerprint density at radius 3 is 2.49 bits per heavy atom. The van der Waals surface area contributed by atoms with Gasteiger partial charge in [-0.25, -0.2) is 4.57 Å². The van der Waals surface area contributed by atoms with E-state index in [1.807, 2.05) is 85.1 Å². The molecule has 216 valence electrons. The molecule has 1 atom stereocenters. The molecule has 3 aromatic carbocycles. The summed E-state index contributed by atoms with van der Waals surface area (Å²) >= 11 is 0. The second-order valence-corrected chi connectivity index (χ2v) is 11.7. The lowest BCUT2D eigenvalue weighted by atomic mass is 9.93. The minimum atomic E-state index is -4.00. The number of phosphoric ester groups is 1. The Kier molecular flexibility index (Phi) is 11.2. The number of para-hydroxylation sites is 1. The summed E-state index contributed by atoms with van der Waals surface area (Å²) in [6.45, 7) is 3.98. The molecule has 0 spiro atoms. The number of pyridine rings is 1.